The summed E-state index contributed by atoms with van der Waals surface area (Å²) in [5, 5.41) is 4.66. The van der Waals surface area contributed by atoms with Crippen molar-refractivity contribution >= 4 is 46.7 Å². The Hall–Kier alpha value is -3.27. The largest absolute Gasteiger partial charge is 0.463 e. The van der Waals surface area contributed by atoms with Crippen LogP contribution in [0.25, 0.3) is 0 Å². The monoisotopic (exact) mass is 378 g/mol. The Kier molecular flexibility index (Phi) is 8.44. The number of hydrazine groups is 1. The molecule has 138 valence electrons. The molecule has 0 aliphatic rings. The van der Waals surface area contributed by atoms with Crippen LogP contribution in [0.2, 0.25) is 0 Å². The number of hydrogen-bond acceptors (Lipinski definition) is 6. The number of hydrogen-bond donors (Lipinski definition) is 4. The highest BCUT2D eigenvalue weighted by Gasteiger charge is 2.07. The molecule has 0 atom stereocenters. The first-order chi connectivity index (χ1) is 12.3. The minimum Gasteiger partial charge on any atom is -0.463 e. The van der Waals surface area contributed by atoms with Crippen molar-refractivity contribution in [2.75, 3.05) is 11.9 Å². The molecule has 1 aromatic rings. The number of ether oxygens (including phenoxy) is 1. The highest BCUT2D eigenvalue weighted by Crippen LogP contribution is 2.09. The number of anilines is 1. The molecule has 3 amide bonds. The fourth-order valence-corrected chi connectivity index (χ4v) is 1.76. The second-order valence-electron chi connectivity index (χ2n) is 4.74. The Labute approximate surface area is 155 Å². The van der Waals surface area contributed by atoms with Crippen molar-refractivity contribution in [3.8, 4) is 0 Å². The van der Waals surface area contributed by atoms with E-state index in [0.29, 0.717) is 11.3 Å². The molecule has 10 heteroatoms. The lowest BCUT2D eigenvalue weighted by molar-refractivity contribution is -0.137. The van der Waals surface area contributed by atoms with Crippen LogP contribution in [0.3, 0.4) is 0 Å². The third-order valence-electron chi connectivity index (χ3n) is 2.65. The van der Waals surface area contributed by atoms with E-state index in [1.165, 1.54) is 19.1 Å². The fourth-order valence-electron chi connectivity index (χ4n) is 1.61. The summed E-state index contributed by atoms with van der Waals surface area (Å²) in [7, 11) is 0. The summed E-state index contributed by atoms with van der Waals surface area (Å²) < 4.78 is 4.62. The smallest absolute Gasteiger partial charge is 0.330 e. The summed E-state index contributed by atoms with van der Waals surface area (Å²) in [6.45, 7) is 3.21. The zero-order chi connectivity index (χ0) is 19.5. The van der Waals surface area contributed by atoms with Crippen LogP contribution in [0, 0.1) is 0 Å². The number of benzene rings is 1. The molecule has 0 radical (unpaired) electrons. The van der Waals surface area contributed by atoms with Crippen LogP contribution in [0.1, 0.15) is 24.2 Å². The molecular formula is C16H18N4O5S. The Morgan fingerprint density at radius 2 is 1.73 bits per heavy atom. The summed E-state index contributed by atoms with van der Waals surface area (Å²) in [5.41, 5.74) is 5.52. The van der Waals surface area contributed by atoms with E-state index in [9.17, 15) is 19.2 Å². The zero-order valence-corrected chi connectivity index (χ0v) is 14.9. The molecule has 0 aliphatic carbocycles. The van der Waals surface area contributed by atoms with Gasteiger partial charge in [-0.2, -0.15) is 0 Å². The third kappa shape index (κ3) is 8.02. The van der Waals surface area contributed by atoms with Crippen molar-refractivity contribution in [1.82, 2.24) is 16.2 Å². The summed E-state index contributed by atoms with van der Waals surface area (Å²) in [6.07, 6.45) is 1.91. The van der Waals surface area contributed by atoms with Gasteiger partial charge in [-0.3, -0.25) is 30.6 Å². The van der Waals surface area contributed by atoms with E-state index in [2.05, 4.69) is 26.2 Å². The maximum atomic E-state index is 11.9. The molecule has 0 saturated carbocycles. The number of carbonyl (C=O) groups is 4. The second kappa shape index (κ2) is 10.6. The van der Waals surface area contributed by atoms with Gasteiger partial charge in [0.1, 0.15) is 0 Å². The van der Waals surface area contributed by atoms with E-state index in [0.717, 1.165) is 12.2 Å². The average molecular weight is 378 g/mol. The molecule has 0 bridgehead atoms. The lowest BCUT2D eigenvalue weighted by Gasteiger charge is -2.10. The minimum absolute atomic E-state index is 0.160. The topological polar surface area (TPSA) is 126 Å². The van der Waals surface area contributed by atoms with Gasteiger partial charge < -0.3 is 10.1 Å². The maximum absolute atomic E-state index is 11.9. The predicted molar refractivity (Wildman–Crippen MR) is 97.9 cm³/mol. The molecule has 0 heterocycles. The lowest BCUT2D eigenvalue weighted by Crippen LogP contribution is -2.48. The van der Waals surface area contributed by atoms with E-state index in [-0.39, 0.29) is 17.6 Å². The van der Waals surface area contributed by atoms with Gasteiger partial charge >= 0.3 is 5.97 Å². The fraction of sp³-hybridized carbons (Fsp3) is 0.188. The van der Waals surface area contributed by atoms with E-state index in [1.54, 1.807) is 19.1 Å². The molecule has 0 saturated heterocycles. The van der Waals surface area contributed by atoms with Gasteiger partial charge in [0, 0.05) is 30.3 Å². The van der Waals surface area contributed by atoms with E-state index >= 15 is 0 Å². The molecule has 4 N–H and O–H groups in total. The first-order valence-electron chi connectivity index (χ1n) is 7.45. The number of esters is 1. The first-order valence-corrected chi connectivity index (χ1v) is 7.86. The SMILES string of the molecule is CCOC(=O)C=CC(=O)NC(=S)NNC(=O)c1ccc(NC(C)=O)cc1. The van der Waals surface area contributed by atoms with Crippen LogP contribution >= 0.6 is 12.2 Å². The van der Waals surface area contributed by atoms with Crippen molar-refractivity contribution in [2.24, 2.45) is 0 Å². The first kappa shape index (κ1) is 20.8. The molecule has 0 spiro atoms. The second-order valence-corrected chi connectivity index (χ2v) is 5.15. The molecule has 0 fully saturated rings. The third-order valence-corrected chi connectivity index (χ3v) is 2.86. The normalized spacial score (nSPS) is 9.92. The number of amides is 3. The van der Waals surface area contributed by atoms with Gasteiger partial charge in [-0.25, -0.2) is 4.79 Å². The van der Waals surface area contributed by atoms with Crippen LogP contribution < -0.4 is 21.5 Å². The van der Waals surface area contributed by atoms with Crippen LogP contribution in [-0.2, 0) is 19.1 Å². The maximum Gasteiger partial charge on any atom is 0.330 e. The molecule has 0 unspecified atom stereocenters. The highest BCUT2D eigenvalue weighted by molar-refractivity contribution is 7.80. The molecule has 26 heavy (non-hydrogen) atoms. The van der Waals surface area contributed by atoms with Gasteiger partial charge in [0.15, 0.2) is 5.11 Å². The van der Waals surface area contributed by atoms with Gasteiger partial charge in [0.2, 0.25) is 11.8 Å². The van der Waals surface area contributed by atoms with Gasteiger partial charge in [-0.1, -0.05) is 0 Å². The Balaban J connectivity index is 2.44. The van der Waals surface area contributed by atoms with Crippen molar-refractivity contribution in [3.63, 3.8) is 0 Å². The molecule has 0 aliphatic heterocycles. The number of thiocarbonyl (C=S) groups is 1. The Morgan fingerprint density at radius 3 is 2.31 bits per heavy atom. The van der Waals surface area contributed by atoms with Crippen LogP contribution in [0.5, 0.6) is 0 Å². The Morgan fingerprint density at radius 1 is 1.08 bits per heavy atom. The molecular weight excluding hydrogens is 360 g/mol. The standard InChI is InChI=1S/C16H18N4O5S/c1-3-25-14(23)9-8-13(22)18-16(26)20-19-15(24)11-4-6-12(7-5-11)17-10(2)21/h4-9H,3H2,1-2H3,(H,17,21)(H,19,24)(H2,18,20,22,26). The van der Waals surface area contributed by atoms with Gasteiger partial charge in [0.25, 0.3) is 5.91 Å². The molecule has 0 aromatic heterocycles. The van der Waals surface area contributed by atoms with Gasteiger partial charge in [0.05, 0.1) is 6.61 Å². The van der Waals surface area contributed by atoms with E-state index in [4.69, 9.17) is 12.2 Å². The summed E-state index contributed by atoms with van der Waals surface area (Å²) >= 11 is 4.84. The van der Waals surface area contributed by atoms with E-state index in [1.807, 2.05) is 0 Å². The van der Waals surface area contributed by atoms with E-state index < -0.39 is 17.8 Å². The highest BCUT2D eigenvalue weighted by atomic mass is 32.1. The average Bonchev–Trinajstić information content (AvgIpc) is 2.58. The molecule has 1 rings (SSSR count). The molecule has 9 nitrogen and oxygen atoms in total. The van der Waals surface area contributed by atoms with Crippen molar-refractivity contribution in [3.05, 3.63) is 42.0 Å². The Bertz CT molecular complexity index is 731. The predicted octanol–water partition coefficient (Wildman–Crippen LogP) is 0.400. The number of rotatable bonds is 5. The number of nitrogens with one attached hydrogen (secondary N) is 4. The summed E-state index contributed by atoms with van der Waals surface area (Å²) in [4.78, 5) is 45.5. The van der Waals surface area contributed by atoms with Crippen molar-refractivity contribution in [1.29, 1.82) is 0 Å². The summed E-state index contributed by atoms with van der Waals surface area (Å²) in [5.74, 6) is -2.04. The van der Waals surface area contributed by atoms with Gasteiger partial charge in [-0.15, -0.1) is 0 Å². The van der Waals surface area contributed by atoms with Crippen LogP contribution in [0.4, 0.5) is 5.69 Å². The number of carbonyl (C=O) groups excluding carboxylic acids is 4. The zero-order valence-electron chi connectivity index (χ0n) is 14.1. The summed E-state index contributed by atoms with van der Waals surface area (Å²) in [6, 6.07) is 6.14. The van der Waals surface area contributed by atoms with Gasteiger partial charge in [-0.05, 0) is 43.4 Å². The van der Waals surface area contributed by atoms with Crippen molar-refractivity contribution in [2.45, 2.75) is 13.8 Å². The lowest BCUT2D eigenvalue weighted by atomic mass is 10.2. The minimum atomic E-state index is -0.663. The quantitative estimate of drug-likeness (QED) is 0.253. The van der Waals surface area contributed by atoms with Crippen molar-refractivity contribution < 1.29 is 23.9 Å². The molecule has 1 aromatic carbocycles. The van der Waals surface area contributed by atoms with Crippen LogP contribution in [0.15, 0.2) is 36.4 Å². The van der Waals surface area contributed by atoms with Crippen LogP contribution in [-0.4, -0.2) is 35.4 Å².